The molecule has 1 saturated carbocycles. The lowest BCUT2D eigenvalue weighted by molar-refractivity contribution is 0.224. The first kappa shape index (κ1) is 16.5. The summed E-state index contributed by atoms with van der Waals surface area (Å²) in [6, 6.07) is 9.68. The molecule has 1 fully saturated rings. The normalized spacial score (nSPS) is 17.4. The molecule has 0 aliphatic heterocycles. The molecule has 0 saturated heterocycles. The van der Waals surface area contributed by atoms with Crippen molar-refractivity contribution in [3.05, 3.63) is 47.6 Å². The van der Waals surface area contributed by atoms with Gasteiger partial charge >= 0.3 is 6.03 Å². The van der Waals surface area contributed by atoms with Gasteiger partial charge < -0.3 is 15.2 Å². The Hall–Kier alpha value is -2.37. The van der Waals surface area contributed by atoms with E-state index >= 15 is 0 Å². The highest BCUT2D eigenvalue weighted by Crippen LogP contribution is 2.35. The maximum absolute atomic E-state index is 12.5. The predicted molar refractivity (Wildman–Crippen MR) is 90.3 cm³/mol. The van der Waals surface area contributed by atoms with Crippen LogP contribution in [-0.4, -0.2) is 16.2 Å². The Morgan fingerprint density at radius 2 is 1.92 bits per heavy atom. The van der Waals surface area contributed by atoms with E-state index < -0.39 is 0 Å². The zero-order chi connectivity index (χ0) is 16.9. The van der Waals surface area contributed by atoms with Gasteiger partial charge in [-0.2, -0.15) is 4.98 Å². The number of aryl methyl sites for hydroxylation is 1. The topological polar surface area (TPSA) is 80.0 Å². The molecule has 2 atom stereocenters. The number of nitrogens with one attached hydrogen (secondary N) is 2. The third-order valence-corrected chi connectivity index (χ3v) is 4.58. The average molecular weight is 328 g/mol. The Morgan fingerprint density at radius 1 is 1.21 bits per heavy atom. The van der Waals surface area contributed by atoms with Gasteiger partial charge in [0.05, 0.1) is 6.04 Å². The van der Waals surface area contributed by atoms with Crippen molar-refractivity contribution in [2.45, 2.75) is 51.6 Å². The zero-order valence-electron chi connectivity index (χ0n) is 14.2. The van der Waals surface area contributed by atoms with Crippen LogP contribution in [0.2, 0.25) is 0 Å². The Bertz CT molecular complexity index is 665. The van der Waals surface area contributed by atoms with E-state index in [9.17, 15) is 4.79 Å². The summed E-state index contributed by atoms with van der Waals surface area (Å²) < 4.78 is 5.11. The van der Waals surface area contributed by atoms with Crippen LogP contribution in [0.1, 0.15) is 62.0 Å². The van der Waals surface area contributed by atoms with E-state index in [1.54, 1.807) is 6.92 Å². The molecular formula is C18H24N4O2. The van der Waals surface area contributed by atoms with Gasteiger partial charge in [-0.3, -0.25) is 0 Å². The van der Waals surface area contributed by atoms with E-state index in [0.717, 1.165) is 18.4 Å². The molecule has 128 valence electrons. The molecule has 1 aliphatic carbocycles. The molecule has 1 heterocycles. The molecule has 0 unspecified atom stereocenters. The Balaban J connectivity index is 1.66. The minimum Gasteiger partial charge on any atom is -0.337 e. The summed E-state index contributed by atoms with van der Waals surface area (Å²) in [5.74, 6) is 1.46. The van der Waals surface area contributed by atoms with Gasteiger partial charge in [-0.05, 0) is 38.2 Å². The second-order valence-corrected chi connectivity index (χ2v) is 6.45. The number of amides is 2. The number of hydrogen-bond acceptors (Lipinski definition) is 4. The van der Waals surface area contributed by atoms with Crippen molar-refractivity contribution in [1.82, 2.24) is 20.8 Å². The Labute approximate surface area is 142 Å². The number of benzene rings is 1. The molecular weight excluding hydrogens is 304 g/mol. The summed E-state index contributed by atoms with van der Waals surface area (Å²) in [7, 11) is 0. The molecule has 1 aromatic heterocycles. The largest absolute Gasteiger partial charge is 0.337 e. The van der Waals surface area contributed by atoms with Crippen LogP contribution in [0.5, 0.6) is 0 Å². The van der Waals surface area contributed by atoms with E-state index in [4.69, 9.17) is 4.52 Å². The van der Waals surface area contributed by atoms with E-state index in [1.165, 1.54) is 12.8 Å². The van der Waals surface area contributed by atoms with Gasteiger partial charge in [0.15, 0.2) is 5.82 Å². The second kappa shape index (κ2) is 7.47. The van der Waals surface area contributed by atoms with Crippen LogP contribution in [0.25, 0.3) is 0 Å². The summed E-state index contributed by atoms with van der Waals surface area (Å²) in [6.07, 6.45) is 4.76. The molecule has 6 heteroatoms. The fourth-order valence-corrected chi connectivity index (χ4v) is 3.35. The predicted octanol–water partition coefficient (Wildman–Crippen LogP) is 3.67. The van der Waals surface area contributed by atoms with Crippen LogP contribution >= 0.6 is 0 Å². The van der Waals surface area contributed by atoms with E-state index in [2.05, 4.69) is 32.9 Å². The summed E-state index contributed by atoms with van der Waals surface area (Å²) in [6.45, 7) is 3.59. The SMILES string of the molecule is Cc1noc([C@@H](C)NC(=O)N[C@H](c2ccccc2)C2CCCC2)n1. The number of nitrogens with zero attached hydrogens (tertiary/aromatic N) is 2. The van der Waals surface area contributed by atoms with Crippen LogP contribution in [0.3, 0.4) is 0 Å². The van der Waals surface area contributed by atoms with Gasteiger partial charge in [0.2, 0.25) is 5.89 Å². The van der Waals surface area contributed by atoms with Crippen molar-refractivity contribution in [3.8, 4) is 0 Å². The van der Waals surface area contributed by atoms with E-state index in [1.807, 2.05) is 25.1 Å². The minimum atomic E-state index is -0.328. The molecule has 0 bridgehead atoms. The average Bonchev–Trinajstić information content (AvgIpc) is 3.25. The van der Waals surface area contributed by atoms with Crippen molar-refractivity contribution in [1.29, 1.82) is 0 Å². The first-order chi connectivity index (χ1) is 11.6. The molecule has 2 aromatic rings. The van der Waals surface area contributed by atoms with Crippen LogP contribution < -0.4 is 10.6 Å². The van der Waals surface area contributed by atoms with Crippen LogP contribution in [0.4, 0.5) is 4.79 Å². The summed E-state index contributed by atoms with van der Waals surface area (Å²) in [5.41, 5.74) is 1.15. The number of aromatic nitrogens is 2. The molecule has 1 aliphatic rings. The molecule has 1 aromatic carbocycles. The van der Waals surface area contributed by atoms with Gasteiger partial charge in [-0.15, -0.1) is 0 Å². The molecule has 3 rings (SSSR count). The summed E-state index contributed by atoms with van der Waals surface area (Å²) >= 11 is 0. The lowest BCUT2D eigenvalue weighted by atomic mass is 9.92. The molecule has 2 amide bonds. The number of hydrogen-bond donors (Lipinski definition) is 2. The highest BCUT2D eigenvalue weighted by Gasteiger charge is 2.28. The maximum atomic E-state index is 12.5. The fourth-order valence-electron chi connectivity index (χ4n) is 3.35. The van der Waals surface area contributed by atoms with Crippen LogP contribution in [-0.2, 0) is 0 Å². The Kier molecular flexibility index (Phi) is 5.13. The van der Waals surface area contributed by atoms with Crippen molar-refractivity contribution in [2.75, 3.05) is 0 Å². The van der Waals surface area contributed by atoms with Gasteiger partial charge in [0.1, 0.15) is 6.04 Å². The fraction of sp³-hybridized carbons (Fsp3) is 0.500. The molecule has 24 heavy (non-hydrogen) atoms. The number of carbonyl (C=O) groups excluding carboxylic acids is 1. The van der Waals surface area contributed by atoms with Gasteiger partial charge in [-0.1, -0.05) is 48.3 Å². The van der Waals surface area contributed by atoms with Crippen molar-refractivity contribution >= 4 is 6.03 Å². The second-order valence-electron chi connectivity index (χ2n) is 6.45. The number of urea groups is 1. The molecule has 0 spiro atoms. The van der Waals surface area contributed by atoms with Gasteiger partial charge in [-0.25, -0.2) is 4.79 Å². The van der Waals surface area contributed by atoms with Crippen molar-refractivity contribution in [3.63, 3.8) is 0 Å². The quantitative estimate of drug-likeness (QED) is 0.877. The minimum absolute atomic E-state index is 0.0327. The smallest absolute Gasteiger partial charge is 0.315 e. The first-order valence-electron chi connectivity index (χ1n) is 8.55. The third kappa shape index (κ3) is 3.93. The van der Waals surface area contributed by atoms with Crippen molar-refractivity contribution in [2.24, 2.45) is 5.92 Å². The monoisotopic (exact) mass is 328 g/mol. The van der Waals surface area contributed by atoms with E-state index in [-0.39, 0.29) is 18.1 Å². The highest BCUT2D eigenvalue weighted by molar-refractivity contribution is 5.74. The van der Waals surface area contributed by atoms with Gasteiger partial charge in [0, 0.05) is 0 Å². The van der Waals surface area contributed by atoms with E-state index in [0.29, 0.717) is 17.6 Å². The van der Waals surface area contributed by atoms with Crippen LogP contribution in [0, 0.1) is 12.8 Å². The Morgan fingerprint density at radius 3 is 2.54 bits per heavy atom. The van der Waals surface area contributed by atoms with Gasteiger partial charge in [0.25, 0.3) is 0 Å². The lowest BCUT2D eigenvalue weighted by Crippen LogP contribution is -2.41. The molecule has 0 radical (unpaired) electrons. The molecule has 6 nitrogen and oxygen atoms in total. The summed E-state index contributed by atoms with van der Waals surface area (Å²) in [4.78, 5) is 16.6. The summed E-state index contributed by atoms with van der Waals surface area (Å²) in [5, 5.41) is 9.79. The number of carbonyl (C=O) groups is 1. The first-order valence-corrected chi connectivity index (χ1v) is 8.55. The number of rotatable bonds is 5. The lowest BCUT2D eigenvalue weighted by Gasteiger charge is -2.26. The van der Waals surface area contributed by atoms with Crippen molar-refractivity contribution < 1.29 is 9.32 Å². The maximum Gasteiger partial charge on any atom is 0.315 e. The third-order valence-electron chi connectivity index (χ3n) is 4.58. The standard InChI is InChI=1S/C18H24N4O2/c1-12(17-20-13(2)22-24-17)19-18(23)21-16(15-10-6-7-11-15)14-8-4-3-5-9-14/h3-5,8-9,12,15-16H,6-7,10-11H2,1-2H3,(H2,19,21,23)/t12-,16-/m1/s1. The highest BCUT2D eigenvalue weighted by atomic mass is 16.5. The molecule has 2 N–H and O–H groups in total. The van der Waals surface area contributed by atoms with Crippen LogP contribution in [0.15, 0.2) is 34.9 Å². The zero-order valence-corrected chi connectivity index (χ0v) is 14.2.